The fourth-order valence-electron chi connectivity index (χ4n) is 5.67. The van der Waals surface area contributed by atoms with Crippen molar-refractivity contribution in [2.45, 2.75) is 71.6 Å². The van der Waals surface area contributed by atoms with Crippen molar-refractivity contribution < 1.29 is 41.8 Å². The lowest BCUT2D eigenvalue weighted by Crippen LogP contribution is -2.41. The van der Waals surface area contributed by atoms with Gasteiger partial charge in [-0.05, 0) is 81.9 Å². The van der Waals surface area contributed by atoms with E-state index in [9.17, 15) is 22.8 Å². The Morgan fingerprint density at radius 1 is 0.952 bits per heavy atom. The van der Waals surface area contributed by atoms with Gasteiger partial charge in [0.05, 0.1) is 31.3 Å². The number of ether oxygens (including phenoxy) is 3. The summed E-state index contributed by atoms with van der Waals surface area (Å²) in [4.78, 5) is 37.2. The van der Waals surface area contributed by atoms with Gasteiger partial charge in [-0.25, -0.2) is 4.79 Å². The topological polar surface area (TPSA) is 195 Å². The number of pyridine rings is 1. The van der Waals surface area contributed by atoms with Crippen LogP contribution in [0.3, 0.4) is 0 Å². The standard InChI is InChI=1S/C31H32F3N5O4.C5H11NO.C4H9N.C2H6.C2H4.CH3NO/c1-35-19-10-13-39(14-11-19)26-8-7-21(16-24(26)31(32,33)34)38-30(40)37-20-5-4-6-22(15-20)43-27-9-12-36-25-18-29(42-3)28(41-2)17-23(25)27;1-2-3-5(6)4-7;1-3-5-4-2;2*1-2;2-1-3/h4-9,12,15-19,35H,10-11,13-14H2,1-3H3,(H2,37,38,40);4-5H,2-3,6H2,1H3;3,5H,1,4H2,2H3;1-2H3;1-2H2;1H,(H2,2,3). The Labute approximate surface area is 364 Å². The third-order valence-corrected chi connectivity index (χ3v) is 8.48. The van der Waals surface area contributed by atoms with Crippen LogP contribution in [0.25, 0.3) is 10.9 Å². The predicted octanol–water partition coefficient (Wildman–Crippen LogP) is 8.88. The summed E-state index contributed by atoms with van der Waals surface area (Å²) < 4.78 is 58.9. The summed E-state index contributed by atoms with van der Waals surface area (Å²) in [5.74, 6) is 1.97. The summed E-state index contributed by atoms with van der Waals surface area (Å²) >= 11 is 0. The van der Waals surface area contributed by atoms with E-state index in [0.29, 0.717) is 52.7 Å². The molecule has 342 valence electrons. The van der Waals surface area contributed by atoms with Crippen LogP contribution in [0.15, 0.2) is 92.8 Å². The first-order valence-electron chi connectivity index (χ1n) is 20.0. The second-order valence-corrected chi connectivity index (χ2v) is 12.5. The molecule has 1 aliphatic rings. The lowest BCUT2D eigenvalue weighted by Gasteiger charge is -2.35. The smallest absolute Gasteiger partial charge is 0.418 e. The highest BCUT2D eigenvalue weighted by Crippen LogP contribution is 2.40. The van der Waals surface area contributed by atoms with Crippen molar-refractivity contribution in [2.24, 2.45) is 11.5 Å². The highest BCUT2D eigenvalue weighted by molar-refractivity contribution is 6.00. The molecule has 0 radical (unpaired) electrons. The van der Waals surface area contributed by atoms with E-state index in [1.54, 1.807) is 59.8 Å². The number of nitrogens with two attached hydrogens (primary N) is 2. The lowest BCUT2D eigenvalue weighted by molar-refractivity contribution is -0.137. The zero-order chi connectivity index (χ0) is 47.1. The van der Waals surface area contributed by atoms with E-state index in [4.69, 9.17) is 24.7 Å². The number of amides is 3. The Bertz CT molecular complexity index is 1910. The van der Waals surface area contributed by atoms with Gasteiger partial charge in [0.2, 0.25) is 6.41 Å². The van der Waals surface area contributed by atoms with Crippen molar-refractivity contribution in [1.29, 1.82) is 0 Å². The number of piperidine rings is 1. The van der Waals surface area contributed by atoms with Gasteiger partial charge in [-0.15, -0.1) is 13.2 Å². The molecule has 2 heterocycles. The molecule has 0 spiro atoms. The summed E-state index contributed by atoms with van der Waals surface area (Å²) in [5.41, 5.74) is 9.74. The normalized spacial score (nSPS) is 12.1. The number of benzene rings is 3. The molecule has 0 saturated carbocycles. The van der Waals surface area contributed by atoms with E-state index < -0.39 is 17.8 Å². The molecule has 1 atom stereocenters. The monoisotopic (exact) mass is 870 g/mol. The maximum absolute atomic E-state index is 14.0. The molecule has 0 bridgehead atoms. The fourth-order valence-corrected chi connectivity index (χ4v) is 5.67. The molecule has 17 heteroatoms. The molecule has 8 N–H and O–H groups in total. The molecule has 5 rings (SSSR count). The quantitative estimate of drug-likeness (QED) is 0.0555. The average molecular weight is 871 g/mol. The minimum Gasteiger partial charge on any atom is -0.493 e. The van der Waals surface area contributed by atoms with Gasteiger partial charge in [0.1, 0.15) is 17.8 Å². The number of alkyl halides is 3. The number of fused-ring (bicyclic) bond motifs is 1. The number of hydrogen-bond donors (Lipinski definition) is 6. The van der Waals surface area contributed by atoms with Crippen molar-refractivity contribution in [3.05, 3.63) is 98.4 Å². The minimum absolute atomic E-state index is 0.0266. The van der Waals surface area contributed by atoms with Crippen LogP contribution in [0.1, 0.15) is 58.9 Å². The first-order valence-corrected chi connectivity index (χ1v) is 20.0. The van der Waals surface area contributed by atoms with Gasteiger partial charge in [-0.3, -0.25) is 9.78 Å². The number of aromatic nitrogens is 1. The Morgan fingerprint density at radius 2 is 1.55 bits per heavy atom. The Morgan fingerprint density at radius 3 is 2.03 bits per heavy atom. The summed E-state index contributed by atoms with van der Waals surface area (Å²) in [5, 5.41) is 11.9. The van der Waals surface area contributed by atoms with Gasteiger partial charge < -0.3 is 56.6 Å². The van der Waals surface area contributed by atoms with E-state index in [1.165, 1.54) is 26.4 Å². The lowest BCUT2D eigenvalue weighted by atomic mass is 10.0. The second kappa shape index (κ2) is 31.5. The van der Waals surface area contributed by atoms with Gasteiger partial charge in [0.25, 0.3) is 0 Å². The first kappa shape index (κ1) is 55.7. The highest BCUT2D eigenvalue weighted by Gasteiger charge is 2.36. The third-order valence-electron chi connectivity index (χ3n) is 8.48. The summed E-state index contributed by atoms with van der Waals surface area (Å²) in [6.07, 6.45) is 3.02. The number of nitrogens with zero attached hydrogens (tertiary/aromatic N) is 2. The molecule has 0 aliphatic carbocycles. The van der Waals surface area contributed by atoms with Crippen LogP contribution in [0.5, 0.6) is 23.0 Å². The zero-order valence-electron chi connectivity index (χ0n) is 36.9. The number of carbonyl (C=O) groups excluding carboxylic acids is 3. The van der Waals surface area contributed by atoms with Crippen LogP contribution >= 0.6 is 0 Å². The van der Waals surface area contributed by atoms with E-state index in [-0.39, 0.29) is 29.9 Å². The highest BCUT2D eigenvalue weighted by atomic mass is 19.4. The Kier molecular flexibility index (Phi) is 28.3. The van der Waals surface area contributed by atoms with Crippen molar-refractivity contribution in [3.63, 3.8) is 0 Å². The van der Waals surface area contributed by atoms with Gasteiger partial charge in [-0.1, -0.05) is 39.8 Å². The molecule has 1 aliphatic heterocycles. The van der Waals surface area contributed by atoms with E-state index in [2.05, 4.69) is 51.7 Å². The Hall–Kier alpha value is -6.33. The van der Waals surface area contributed by atoms with Gasteiger partial charge in [0, 0.05) is 66.5 Å². The van der Waals surface area contributed by atoms with Crippen molar-refractivity contribution >= 4 is 46.7 Å². The maximum atomic E-state index is 14.0. The fraction of sp³-hybridized carbons (Fsp3) is 0.378. The molecule has 1 unspecified atom stereocenters. The Balaban J connectivity index is 0.00000166. The van der Waals surface area contributed by atoms with Crippen LogP contribution < -0.4 is 51.8 Å². The number of carbonyl (C=O) groups is 3. The van der Waals surface area contributed by atoms with E-state index in [1.807, 2.05) is 34.7 Å². The number of halogens is 3. The molecule has 1 fully saturated rings. The molecule has 62 heavy (non-hydrogen) atoms. The largest absolute Gasteiger partial charge is 0.493 e. The molecule has 1 aromatic heterocycles. The number of urea groups is 1. The van der Waals surface area contributed by atoms with Crippen molar-refractivity contribution in [1.82, 2.24) is 15.6 Å². The number of nitrogens with one attached hydrogen (secondary N) is 4. The number of primary amides is 1. The number of aldehydes is 1. The minimum atomic E-state index is -4.58. The SMILES string of the molecule is C=C.C=CNCC.CC.CCCC(N)C=O.CNC1CCN(c2ccc(NC(=O)Nc3cccc(Oc4ccnc5cc(OC)c(OC)cc45)c3)cc2C(F)(F)F)CC1.NC=O. The van der Waals surface area contributed by atoms with Gasteiger partial charge in [-0.2, -0.15) is 13.2 Å². The summed E-state index contributed by atoms with van der Waals surface area (Å²) in [7, 11) is 4.93. The molecular formula is C45H65F3N8O6. The van der Waals surface area contributed by atoms with E-state index in [0.717, 1.165) is 44.6 Å². The average Bonchev–Trinajstić information content (AvgIpc) is 3.28. The molecule has 14 nitrogen and oxygen atoms in total. The number of hydrogen-bond acceptors (Lipinski definition) is 11. The second-order valence-electron chi connectivity index (χ2n) is 12.5. The summed E-state index contributed by atoms with van der Waals surface area (Å²) in [6.45, 7) is 19.5. The first-order chi connectivity index (χ1) is 29.8. The van der Waals surface area contributed by atoms with Crippen LogP contribution in [0.2, 0.25) is 0 Å². The predicted molar refractivity (Wildman–Crippen MR) is 245 cm³/mol. The van der Waals surface area contributed by atoms with Crippen LogP contribution in [-0.4, -0.2) is 76.7 Å². The zero-order valence-corrected chi connectivity index (χ0v) is 36.9. The molecule has 4 aromatic rings. The summed E-state index contributed by atoms with van der Waals surface area (Å²) in [6, 6.07) is 15.1. The molecule has 3 aromatic carbocycles. The van der Waals surface area contributed by atoms with Crippen LogP contribution in [0, 0.1) is 0 Å². The number of anilines is 3. The van der Waals surface area contributed by atoms with Crippen molar-refractivity contribution in [3.8, 4) is 23.0 Å². The molecule has 3 amide bonds. The van der Waals surface area contributed by atoms with Gasteiger partial charge in [0.15, 0.2) is 11.5 Å². The third kappa shape index (κ3) is 19.4. The molecular weight excluding hydrogens is 806 g/mol. The van der Waals surface area contributed by atoms with Gasteiger partial charge >= 0.3 is 12.2 Å². The van der Waals surface area contributed by atoms with Crippen LogP contribution in [0.4, 0.5) is 35.0 Å². The molecule has 1 saturated heterocycles. The van der Waals surface area contributed by atoms with Crippen molar-refractivity contribution in [2.75, 3.05) is 56.4 Å². The number of methoxy groups -OCH3 is 2. The van der Waals surface area contributed by atoms with E-state index >= 15 is 0 Å². The van der Waals surface area contributed by atoms with Crippen LogP contribution in [-0.2, 0) is 15.8 Å². The maximum Gasteiger partial charge on any atom is 0.418 e. The number of rotatable bonds is 13.